The first-order chi connectivity index (χ1) is 18.9. The maximum absolute atomic E-state index is 4.85. The summed E-state index contributed by atoms with van der Waals surface area (Å²) in [6.45, 7) is 11.9. The van der Waals surface area contributed by atoms with Gasteiger partial charge < -0.3 is 0 Å². The van der Waals surface area contributed by atoms with Gasteiger partial charge in [-0.3, -0.25) is 0 Å². The second-order valence-electron chi connectivity index (χ2n) is 15.7. The van der Waals surface area contributed by atoms with Gasteiger partial charge in [-0.15, -0.1) is 0 Å². The molecule has 0 nitrogen and oxygen atoms in total. The molecule has 2 unspecified atom stereocenters. The predicted octanol–water partition coefficient (Wildman–Crippen LogP) is 10.8. The van der Waals surface area contributed by atoms with Crippen LogP contribution in [0.25, 0.3) is 34.4 Å². The van der Waals surface area contributed by atoms with E-state index in [1.54, 1.807) is 11.1 Å². The van der Waals surface area contributed by atoms with Crippen LogP contribution >= 0.6 is 0 Å². The molecule has 2 aliphatic rings. The van der Waals surface area contributed by atoms with E-state index in [9.17, 15) is 0 Å². The standard InChI is InChI=1S/2C16H13.2C2H5.2CH3.Hf.H2Si/c2*1-12-5-2-8-14(11-12)16-10-4-7-13-6-3-9-15(13)16;2*1-2;;;;/h2*2-11H,1H3;2*1H2,2H3;2*1H3;;1H2. The van der Waals surface area contributed by atoms with Crippen molar-refractivity contribution in [2.45, 2.75) is 52.8 Å². The zero-order chi connectivity index (χ0) is 28.4. The van der Waals surface area contributed by atoms with Crippen LogP contribution in [0.2, 0.25) is 17.7 Å². The van der Waals surface area contributed by atoms with E-state index >= 15 is 0 Å². The van der Waals surface area contributed by atoms with Gasteiger partial charge in [0.1, 0.15) is 0 Å². The molecule has 40 heavy (non-hydrogen) atoms. The van der Waals surface area contributed by atoms with Crippen LogP contribution in [0.3, 0.4) is 0 Å². The van der Waals surface area contributed by atoms with Crippen LogP contribution in [0.4, 0.5) is 0 Å². The van der Waals surface area contributed by atoms with E-state index in [1.807, 2.05) is 0 Å². The van der Waals surface area contributed by atoms with Gasteiger partial charge >= 0.3 is 239 Å². The molecule has 0 saturated heterocycles. The van der Waals surface area contributed by atoms with Crippen LogP contribution in [-0.2, 0) is 14.2 Å². The molecule has 4 aromatic carbocycles. The molecule has 204 valence electrons. The van der Waals surface area contributed by atoms with Crippen LogP contribution in [0.15, 0.2) is 97.1 Å². The molecule has 2 heteroatoms. The van der Waals surface area contributed by atoms with Crippen LogP contribution < -0.4 is 0 Å². The van der Waals surface area contributed by atoms with Gasteiger partial charge in [0.2, 0.25) is 0 Å². The molecule has 4 aromatic rings. The van der Waals surface area contributed by atoms with E-state index in [2.05, 4.69) is 153 Å². The first kappa shape index (κ1) is 27.6. The van der Waals surface area contributed by atoms with Gasteiger partial charge in [0.25, 0.3) is 0 Å². The van der Waals surface area contributed by atoms with E-state index in [1.165, 1.54) is 52.9 Å². The summed E-state index contributed by atoms with van der Waals surface area (Å²) in [4.78, 5) is 0. The SMILES string of the molecule is C[CH2][Hf]([CH3])([CH3])(=[SiH2])([CH2]C)([CH]1C=Cc2c(-c3cccc(C)c3)cccc21)[CH]1C=Cc2c(-c3cccc(C)c3)cccc21. The van der Waals surface area contributed by atoms with E-state index in [0.717, 1.165) is 0 Å². The molecule has 0 amide bonds. The molecule has 2 atom stereocenters. The van der Waals surface area contributed by atoms with Crippen molar-refractivity contribution in [1.82, 2.24) is 0 Å². The van der Waals surface area contributed by atoms with Gasteiger partial charge in [-0.05, 0) is 0 Å². The number of fused-ring (bicyclic) bond motifs is 2. The molecule has 0 aromatic heterocycles. The molecule has 0 fully saturated rings. The summed E-state index contributed by atoms with van der Waals surface area (Å²) < 4.78 is 9.03. The van der Waals surface area contributed by atoms with Gasteiger partial charge in [-0.25, -0.2) is 0 Å². The Kier molecular flexibility index (Phi) is 5.70. The minimum absolute atomic E-state index is 0.445. The second kappa shape index (κ2) is 8.26. The molecule has 0 radical (unpaired) electrons. The van der Waals surface area contributed by atoms with Crippen LogP contribution in [0, 0.1) is 13.8 Å². The van der Waals surface area contributed by atoms with Crippen molar-refractivity contribution in [3.63, 3.8) is 0 Å². The Hall–Kier alpha value is -2.55. The van der Waals surface area contributed by atoms with Crippen molar-refractivity contribution in [1.29, 1.82) is 0 Å². The fourth-order valence-corrected chi connectivity index (χ4v) is 43.3. The van der Waals surface area contributed by atoms with Crippen LogP contribution in [-0.4, -0.2) is 6.94 Å². The summed E-state index contributed by atoms with van der Waals surface area (Å²) in [5, 5.41) is 0. The summed E-state index contributed by atoms with van der Waals surface area (Å²) in [5.74, 6) is 0. The van der Waals surface area contributed by atoms with Crippen LogP contribution in [0.5, 0.6) is 0 Å². The monoisotopic (exact) mass is 708 g/mol. The maximum atomic E-state index is 2.83. The average molecular weight is 707 g/mol. The van der Waals surface area contributed by atoms with Gasteiger partial charge in [-0.1, -0.05) is 0 Å². The average Bonchev–Trinajstić information content (AvgIpc) is 3.60. The third-order valence-electron chi connectivity index (χ3n) is 12.7. The third-order valence-corrected chi connectivity index (χ3v) is 75.9. The first-order valence-electron chi connectivity index (χ1n) is 15.2. The number of hydrogen-bond donors (Lipinski definition) is 0. The van der Waals surface area contributed by atoms with E-state index < -0.39 is 14.2 Å². The zero-order valence-electron chi connectivity index (χ0n) is 25.2. The van der Waals surface area contributed by atoms with Crippen molar-refractivity contribution in [2.24, 2.45) is 0 Å². The molecule has 2 aliphatic carbocycles. The molecular formula is C38H44HfSi. The van der Waals surface area contributed by atoms with Gasteiger partial charge in [0.15, 0.2) is 0 Å². The molecule has 0 spiro atoms. The molecule has 0 saturated carbocycles. The van der Waals surface area contributed by atoms with E-state index in [4.69, 9.17) is 0 Å². The summed E-state index contributed by atoms with van der Waals surface area (Å²) >= 11 is -4.85. The molecule has 0 heterocycles. The van der Waals surface area contributed by atoms with Crippen molar-refractivity contribution in [3.8, 4) is 22.3 Å². The van der Waals surface area contributed by atoms with E-state index in [-0.39, 0.29) is 0 Å². The Labute approximate surface area is 237 Å². The van der Waals surface area contributed by atoms with Crippen molar-refractivity contribution in [2.75, 3.05) is 0 Å². The van der Waals surface area contributed by atoms with Crippen molar-refractivity contribution < 1.29 is 14.2 Å². The molecule has 0 aliphatic heterocycles. The number of rotatable bonds is 6. The quantitative estimate of drug-likeness (QED) is 0.175. The molecule has 0 bridgehead atoms. The minimum atomic E-state index is -4.85. The summed E-state index contributed by atoms with van der Waals surface area (Å²) in [6, 6.07) is 32.1. The molecule has 0 N–H and O–H groups in total. The van der Waals surface area contributed by atoms with Gasteiger partial charge in [0, 0.05) is 0 Å². The Bertz CT molecular complexity index is 1760. The summed E-state index contributed by atoms with van der Waals surface area (Å²) in [5.41, 5.74) is 14.0. The summed E-state index contributed by atoms with van der Waals surface area (Å²) in [6.07, 6.45) is 10.2. The molecule has 6 rings (SSSR count). The van der Waals surface area contributed by atoms with Gasteiger partial charge in [0.05, 0.1) is 0 Å². The van der Waals surface area contributed by atoms with Crippen LogP contribution in [0.1, 0.15) is 54.6 Å². The fraction of sp³-hybridized carbons (Fsp3) is 0.263. The number of hydrogen-bond acceptors (Lipinski definition) is 0. The Morgan fingerprint density at radius 2 is 1.00 bits per heavy atom. The number of benzene rings is 4. The number of aryl methyl sites for hydroxylation is 2. The molecular weight excluding hydrogens is 663 g/mol. The van der Waals surface area contributed by atoms with E-state index in [0.29, 0.717) is 7.35 Å². The fourth-order valence-electron chi connectivity index (χ4n) is 8.49. The second-order valence-corrected chi connectivity index (χ2v) is 94.2. The first-order valence-corrected chi connectivity index (χ1v) is 39.9. The van der Waals surface area contributed by atoms with Gasteiger partial charge in [-0.2, -0.15) is 0 Å². The number of allylic oxidation sites excluding steroid dienone is 2. The topological polar surface area (TPSA) is 0 Å². The Morgan fingerprint density at radius 1 is 0.600 bits per heavy atom. The summed E-state index contributed by atoms with van der Waals surface area (Å²) in [7, 11) is 0. The third kappa shape index (κ3) is 3.64. The Balaban J connectivity index is 1.59. The van der Waals surface area contributed by atoms with Crippen molar-refractivity contribution >= 4 is 19.1 Å². The zero-order valence-corrected chi connectivity index (χ0v) is 30.2. The predicted molar refractivity (Wildman–Crippen MR) is 178 cm³/mol. The Morgan fingerprint density at radius 3 is 1.38 bits per heavy atom. The normalized spacial score (nSPS) is 20.3. The van der Waals surface area contributed by atoms with Crippen molar-refractivity contribution in [3.05, 3.63) is 130 Å².